The number of rotatable bonds is 8. The number of anilines is 1. The van der Waals surface area contributed by atoms with Crippen LogP contribution in [0.3, 0.4) is 0 Å². The van der Waals surface area contributed by atoms with Crippen LogP contribution in [0.2, 0.25) is 0 Å². The normalized spacial score (nSPS) is 12.7. The minimum absolute atomic E-state index is 0.184. The van der Waals surface area contributed by atoms with Crippen LogP contribution in [-0.4, -0.2) is 40.6 Å². The molecule has 3 N–H and O–H groups in total. The lowest BCUT2D eigenvalue weighted by Gasteiger charge is -2.22. The van der Waals surface area contributed by atoms with E-state index in [1.165, 1.54) is 5.38 Å². The predicted molar refractivity (Wildman–Crippen MR) is 81.5 cm³/mol. The number of nitrogen functional groups attached to an aromatic ring is 1. The second-order valence-corrected chi connectivity index (χ2v) is 6.47. The Kier molecular flexibility index (Phi) is 6.10. The summed E-state index contributed by atoms with van der Waals surface area (Å²) >= 11 is 1.14. The van der Waals surface area contributed by atoms with Gasteiger partial charge < -0.3 is 20.4 Å². The quantitative estimate of drug-likeness (QED) is 0.561. The highest BCUT2D eigenvalue weighted by Gasteiger charge is 2.23. The van der Waals surface area contributed by atoms with Crippen LogP contribution in [0, 0.1) is 5.92 Å². The molecule has 1 aromatic heterocycles. The fourth-order valence-corrected chi connectivity index (χ4v) is 1.88. The van der Waals surface area contributed by atoms with E-state index in [0.717, 1.165) is 11.3 Å². The Bertz CT molecular complexity index is 511. The molecule has 1 aromatic rings. The summed E-state index contributed by atoms with van der Waals surface area (Å²) in [5.41, 5.74) is 4.66. The second kappa shape index (κ2) is 7.37. The molecule has 0 aliphatic heterocycles. The van der Waals surface area contributed by atoms with Gasteiger partial charge in [-0.15, -0.1) is 11.3 Å². The molecule has 118 valence electrons. The van der Waals surface area contributed by atoms with E-state index >= 15 is 0 Å². The molecule has 0 aromatic carbocycles. The Morgan fingerprint density at radius 3 is 2.71 bits per heavy atom. The monoisotopic (exact) mass is 315 g/mol. The minimum atomic E-state index is -1.22. The Labute approximate surface area is 127 Å². The Balaban J connectivity index is 2.71. The van der Waals surface area contributed by atoms with E-state index in [9.17, 15) is 4.79 Å². The van der Waals surface area contributed by atoms with Crippen LogP contribution in [0.1, 0.15) is 33.4 Å². The van der Waals surface area contributed by atoms with Gasteiger partial charge in [0.2, 0.25) is 5.71 Å². The summed E-state index contributed by atoms with van der Waals surface area (Å²) < 4.78 is 5.49. The number of thiazole rings is 1. The third kappa shape index (κ3) is 6.09. The molecular formula is C13H21N3O4S. The van der Waals surface area contributed by atoms with Gasteiger partial charge in [-0.25, -0.2) is 9.78 Å². The van der Waals surface area contributed by atoms with Crippen LogP contribution in [0.15, 0.2) is 10.5 Å². The number of hydrogen-bond donors (Lipinski definition) is 2. The molecule has 0 bridgehead atoms. The molecule has 0 atom stereocenters. The van der Waals surface area contributed by atoms with Gasteiger partial charge in [0.15, 0.2) is 10.7 Å². The molecular weight excluding hydrogens is 294 g/mol. The number of aliphatic carboxylic acids is 1. The first kappa shape index (κ1) is 17.4. The summed E-state index contributed by atoms with van der Waals surface area (Å²) in [5, 5.41) is 14.7. The van der Waals surface area contributed by atoms with Crippen LogP contribution < -0.4 is 5.73 Å². The van der Waals surface area contributed by atoms with Gasteiger partial charge in [-0.3, -0.25) is 0 Å². The van der Waals surface area contributed by atoms with E-state index in [-0.39, 0.29) is 16.5 Å². The van der Waals surface area contributed by atoms with Crippen molar-refractivity contribution in [3.05, 3.63) is 11.1 Å². The number of carboxylic acid groups (broad SMARTS) is 1. The molecule has 0 saturated carbocycles. The highest BCUT2D eigenvalue weighted by Crippen LogP contribution is 2.15. The van der Waals surface area contributed by atoms with E-state index < -0.39 is 11.6 Å². The largest absolute Gasteiger partial charge is 0.476 e. The Morgan fingerprint density at radius 1 is 1.57 bits per heavy atom. The van der Waals surface area contributed by atoms with E-state index in [2.05, 4.69) is 10.1 Å². The van der Waals surface area contributed by atoms with E-state index in [1.807, 2.05) is 13.8 Å². The first-order valence-electron chi connectivity index (χ1n) is 6.50. The van der Waals surface area contributed by atoms with Crippen LogP contribution in [0.5, 0.6) is 0 Å². The van der Waals surface area contributed by atoms with Crippen molar-refractivity contribution >= 4 is 28.1 Å². The molecule has 0 fully saturated rings. The maximum absolute atomic E-state index is 11.2. The molecule has 7 nitrogen and oxygen atoms in total. The zero-order valence-corrected chi connectivity index (χ0v) is 13.4. The van der Waals surface area contributed by atoms with Crippen LogP contribution in [0.25, 0.3) is 0 Å². The van der Waals surface area contributed by atoms with Crippen molar-refractivity contribution in [2.75, 3.05) is 18.9 Å². The highest BCUT2D eigenvalue weighted by atomic mass is 32.1. The first-order chi connectivity index (χ1) is 9.71. The molecule has 0 saturated heterocycles. The van der Waals surface area contributed by atoms with Gasteiger partial charge in [-0.2, -0.15) is 0 Å². The van der Waals surface area contributed by atoms with Gasteiger partial charge in [-0.1, -0.05) is 19.0 Å². The topological polar surface area (TPSA) is 107 Å². The lowest BCUT2D eigenvalue weighted by Crippen LogP contribution is -2.31. The SMILES string of the molecule is CC(C)COCC(C)(C)O/N=C(\C(=O)O)c1csc(N)n1. The van der Waals surface area contributed by atoms with Crippen LogP contribution in [0.4, 0.5) is 5.13 Å². The lowest BCUT2D eigenvalue weighted by atomic mass is 10.1. The standard InChI is InChI=1S/C13H21N3O4S/c1-8(2)5-19-7-13(3,4)20-16-10(11(17)18)9-6-21-12(14)15-9/h6,8H,5,7H2,1-4H3,(H2,14,15)(H,17,18)/b16-10-. The van der Waals surface area contributed by atoms with Crippen LogP contribution >= 0.6 is 11.3 Å². The molecule has 1 rings (SSSR count). The molecule has 21 heavy (non-hydrogen) atoms. The smallest absolute Gasteiger partial charge is 0.360 e. The molecule has 1 heterocycles. The summed E-state index contributed by atoms with van der Waals surface area (Å²) in [4.78, 5) is 20.4. The molecule has 0 aliphatic carbocycles. The van der Waals surface area contributed by atoms with Crippen molar-refractivity contribution in [2.24, 2.45) is 11.1 Å². The Morgan fingerprint density at radius 2 is 2.24 bits per heavy atom. The number of nitrogens with two attached hydrogens (primary N) is 1. The maximum Gasteiger partial charge on any atom is 0.360 e. The third-order valence-electron chi connectivity index (χ3n) is 2.25. The average molecular weight is 315 g/mol. The second-order valence-electron chi connectivity index (χ2n) is 5.58. The van der Waals surface area contributed by atoms with Crippen molar-refractivity contribution in [3.63, 3.8) is 0 Å². The van der Waals surface area contributed by atoms with Crippen molar-refractivity contribution in [2.45, 2.75) is 33.3 Å². The lowest BCUT2D eigenvalue weighted by molar-refractivity contribution is -0.130. The minimum Gasteiger partial charge on any atom is -0.476 e. The maximum atomic E-state index is 11.2. The van der Waals surface area contributed by atoms with Gasteiger partial charge >= 0.3 is 5.97 Å². The van der Waals surface area contributed by atoms with Crippen LogP contribution in [-0.2, 0) is 14.4 Å². The van der Waals surface area contributed by atoms with Gasteiger partial charge in [0, 0.05) is 12.0 Å². The summed E-state index contributed by atoms with van der Waals surface area (Å²) in [6.45, 7) is 8.53. The summed E-state index contributed by atoms with van der Waals surface area (Å²) in [6, 6.07) is 0. The summed E-state index contributed by atoms with van der Waals surface area (Å²) in [7, 11) is 0. The third-order valence-corrected chi connectivity index (χ3v) is 2.93. The number of hydrogen-bond acceptors (Lipinski definition) is 7. The highest BCUT2D eigenvalue weighted by molar-refractivity contribution is 7.13. The number of ether oxygens (including phenoxy) is 1. The summed E-state index contributed by atoms with van der Waals surface area (Å²) in [5.74, 6) is -0.809. The number of aromatic nitrogens is 1. The number of oxime groups is 1. The van der Waals surface area contributed by atoms with Gasteiger partial charge in [0.25, 0.3) is 0 Å². The van der Waals surface area contributed by atoms with Gasteiger partial charge in [-0.05, 0) is 19.8 Å². The first-order valence-corrected chi connectivity index (χ1v) is 7.38. The number of carbonyl (C=O) groups is 1. The molecule has 8 heteroatoms. The van der Waals surface area contributed by atoms with Crippen molar-refractivity contribution in [1.29, 1.82) is 0 Å². The average Bonchev–Trinajstić information content (AvgIpc) is 2.74. The van der Waals surface area contributed by atoms with E-state index in [0.29, 0.717) is 19.1 Å². The zero-order chi connectivity index (χ0) is 16.0. The summed E-state index contributed by atoms with van der Waals surface area (Å²) in [6.07, 6.45) is 0. The zero-order valence-electron chi connectivity index (χ0n) is 12.6. The Hall–Kier alpha value is -1.67. The van der Waals surface area contributed by atoms with Crippen molar-refractivity contribution in [3.8, 4) is 0 Å². The van der Waals surface area contributed by atoms with Crippen molar-refractivity contribution < 1.29 is 19.5 Å². The fourth-order valence-electron chi connectivity index (χ4n) is 1.33. The molecule has 0 aliphatic rings. The van der Waals surface area contributed by atoms with E-state index in [1.54, 1.807) is 13.8 Å². The predicted octanol–water partition coefficient (Wildman–Crippen LogP) is 1.98. The number of carboxylic acids is 1. The number of nitrogens with zero attached hydrogens (tertiary/aromatic N) is 2. The van der Waals surface area contributed by atoms with Gasteiger partial charge in [0.1, 0.15) is 5.69 Å². The molecule has 0 amide bonds. The fraction of sp³-hybridized carbons (Fsp3) is 0.615. The van der Waals surface area contributed by atoms with E-state index in [4.69, 9.17) is 20.4 Å². The van der Waals surface area contributed by atoms with Gasteiger partial charge in [0.05, 0.1) is 6.61 Å². The molecule has 0 spiro atoms. The van der Waals surface area contributed by atoms with Crippen molar-refractivity contribution in [1.82, 2.24) is 4.98 Å². The molecule has 0 unspecified atom stereocenters. The molecule has 0 radical (unpaired) electrons.